The fourth-order valence-corrected chi connectivity index (χ4v) is 5.33. The molecule has 0 saturated carbocycles. The highest BCUT2D eigenvalue weighted by molar-refractivity contribution is 9.10. The number of amides is 2. The molecule has 0 radical (unpaired) electrons. The Labute approximate surface area is 235 Å². The van der Waals surface area contributed by atoms with Crippen LogP contribution in [-0.4, -0.2) is 51.0 Å². The quantitative estimate of drug-likeness (QED) is 0.347. The number of carbonyl (C=O) groups is 2. The zero-order valence-electron chi connectivity index (χ0n) is 20.2. The highest BCUT2D eigenvalue weighted by atomic mass is 79.9. The first kappa shape index (κ1) is 29.0. The Morgan fingerprint density at radius 1 is 0.973 bits per heavy atom. The number of nitrogens with one attached hydrogen (secondary N) is 1. The van der Waals surface area contributed by atoms with E-state index < -0.39 is 28.5 Å². The van der Waals surface area contributed by atoms with E-state index in [2.05, 4.69) is 21.2 Å². The fourth-order valence-electron chi connectivity index (χ4n) is 3.78. The SMILES string of the molecule is CNC(=O)[C@@H](Cc1ccccc1)N(Cc1ccc(Br)cc1)C(=O)CN(c1cc(Cl)ccc1Cl)S(C)(=O)=O. The molecule has 3 rings (SSSR count). The number of sulfonamides is 1. The topological polar surface area (TPSA) is 86.8 Å². The van der Waals surface area contributed by atoms with Crippen LogP contribution in [0.25, 0.3) is 0 Å². The Bertz CT molecular complexity index is 1360. The highest BCUT2D eigenvalue weighted by Gasteiger charge is 2.33. The van der Waals surface area contributed by atoms with Gasteiger partial charge in [0, 0.05) is 29.5 Å². The van der Waals surface area contributed by atoms with Gasteiger partial charge in [-0.15, -0.1) is 0 Å². The number of rotatable bonds is 10. The average molecular weight is 627 g/mol. The first-order valence-corrected chi connectivity index (χ1v) is 14.6. The summed E-state index contributed by atoms with van der Waals surface area (Å²) >= 11 is 15.8. The number of hydrogen-bond acceptors (Lipinski definition) is 4. The van der Waals surface area contributed by atoms with Crippen LogP contribution in [0.4, 0.5) is 5.69 Å². The van der Waals surface area contributed by atoms with E-state index in [-0.39, 0.29) is 34.6 Å². The maximum Gasteiger partial charge on any atom is 0.244 e. The third kappa shape index (κ3) is 7.95. The zero-order chi connectivity index (χ0) is 27.2. The van der Waals surface area contributed by atoms with Crippen molar-refractivity contribution in [2.24, 2.45) is 0 Å². The lowest BCUT2D eigenvalue weighted by Gasteiger charge is -2.33. The Morgan fingerprint density at radius 2 is 1.62 bits per heavy atom. The van der Waals surface area contributed by atoms with Gasteiger partial charge in [-0.2, -0.15) is 0 Å². The molecule has 0 saturated heterocycles. The Kier molecular flexibility index (Phi) is 10.0. The van der Waals surface area contributed by atoms with E-state index in [1.807, 2.05) is 54.6 Å². The molecule has 2 amide bonds. The molecule has 7 nitrogen and oxygen atoms in total. The largest absolute Gasteiger partial charge is 0.357 e. The van der Waals surface area contributed by atoms with E-state index in [1.165, 1.54) is 30.1 Å². The Morgan fingerprint density at radius 3 is 2.22 bits per heavy atom. The lowest BCUT2D eigenvalue weighted by molar-refractivity contribution is -0.139. The number of carbonyl (C=O) groups excluding carboxylic acids is 2. The highest BCUT2D eigenvalue weighted by Crippen LogP contribution is 2.31. The number of benzene rings is 3. The lowest BCUT2D eigenvalue weighted by atomic mass is 10.0. The molecule has 3 aromatic carbocycles. The number of nitrogens with zero attached hydrogens (tertiary/aromatic N) is 2. The molecule has 0 bridgehead atoms. The first-order valence-electron chi connectivity index (χ1n) is 11.2. The maximum atomic E-state index is 13.8. The van der Waals surface area contributed by atoms with Crippen LogP contribution in [0.5, 0.6) is 0 Å². The second kappa shape index (κ2) is 12.8. The summed E-state index contributed by atoms with van der Waals surface area (Å²) < 4.78 is 27.3. The lowest BCUT2D eigenvalue weighted by Crippen LogP contribution is -2.52. The van der Waals surface area contributed by atoms with Crippen molar-refractivity contribution in [2.75, 3.05) is 24.2 Å². The van der Waals surface area contributed by atoms with Crippen LogP contribution in [0, 0.1) is 0 Å². The van der Waals surface area contributed by atoms with E-state index in [9.17, 15) is 18.0 Å². The molecule has 37 heavy (non-hydrogen) atoms. The standard InChI is InChI=1S/C26H26BrCl2N3O4S/c1-30-26(34)24(14-18-6-4-3-5-7-18)31(16-19-8-10-20(27)11-9-19)25(33)17-32(37(2,35)36)23-15-21(28)12-13-22(23)29/h3-13,15,24H,14,16-17H2,1-2H3,(H,30,34)/t24-/m1/s1. The van der Waals surface area contributed by atoms with Crippen molar-refractivity contribution in [3.8, 4) is 0 Å². The van der Waals surface area contributed by atoms with Gasteiger partial charge in [0.1, 0.15) is 12.6 Å². The fraction of sp³-hybridized carbons (Fsp3) is 0.231. The van der Waals surface area contributed by atoms with Crippen molar-refractivity contribution in [1.82, 2.24) is 10.2 Å². The van der Waals surface area contributed by atoms with Crippen molar-refractivity contribution in [2.45, 2.75) is 19.0 Å². The van der Waals surface area contributed by atoms with Crippen LogP contribution >= 0.6 is 39.1 Å². The summed E-state index contributed by atoms with van der Waals surface area (Å²) in [6.45, 7) is -0.490. The molecule has 1 N–H and O–H groups in total. The van der Waals surface area contributed by atoms with Crippen LogP contribution in [0.3, 0.4) is 0 Å². The van der Waals surface area contributed by atoms with Gasteiger partial charge in [-0.3, -0.25) is 13.9 Å². The Balaban J connectivity index is 2.04. The van der Waals surface area contributed by atoms with Gasteiger partial charge in [-0.25, -0.2) is 8.42 Å². The molecule has 196 valence electrons. The first-order chi connectivity index (χ1) is 17.5. The summed E-state index contributed by atoms with van der Waals surface area (Å²) in [5.41, 5.74) is 1.70. The van der Waals surface area contributed by atoms with Crippen LogP contribution in [0.1, 0.15) is 11.1 Å². The monoisotopic (exact) mass is 625 g/mol. The summed E-state index contributed by atoms with van der Waals surface area (Å²) in [6, 6.07) is 20.1. The molecule has 1 atom stereocenters. The molecule has 0 spiro atoms. The summed E-state index contributed by atoms with van der Waals surface area (Å²) in [5, 5.41) is 3.02. The summed E-state index contributed by atoms with van der Waals surface area (Å²) in [4.78, 5) is 28.3. The minimum absolute atomic E-state index is 0.0770. The number of halogens is 3. The van der Waals surface area contributed by atoms with Crippen molar-refractivity contribution >= 4 is 66.7 Å². The van der Waals surface area contributed by atoms with E-state index >= 15 is 0 Å². The minimum Gasteiger partial charge on any atom is -0.357 e. The van der Waals surface area contributed by atoms with Crippen molar-refractivity contribution in [3.63, 3.8) is 0 Å². The molecule has 0 aliphatic heterocycles. The van der Waals surface area contributed by atoms with E-state index in [0.29, 0.717) is 0 Å². The number of likely N-dealkylation sites (N-methyl/N-ethyl adjacent to an activating group) is 1. The Hall–Kier alpha value is -2.59. The third-order valence-corrected chi connectivity index (χ3v) is 7.85. The van der Waals surface area contributed by atoms with Gasteiger partial charge in [0.05, 0.1) is 17.0 Å². The van der Waals surface area contributed by atoms with Crippen molar-refractivity contribution in [1.29, 1.82) is 0 Å². The van der Waals surface area contributed by atoms with Gasteiger partial charge in [0.25, 0.3) is 0 Å². The minimum atomic E-state index is -3.94. The predicted octanol–water partition coefficient (Wildman–Crippen LogP) is 4.91. The molecule has 11 heteroatoms. The van der Waals surface area contributed by atoms with Gasteiger partial charge in [-0.1, -0.05) is 81.6 Å². The van der Waals surface area contributed by atoms with Crippen LogP contribution in [0.2, 0.25) is 10.0 Å². The van der Waals surface area contributed by atoms with Crippen LogP contribution < -0.4 is 9.62 Å². The second-order valence-corrected chi connectivity index (χ2v) is 12.0. The molecule has 0 unspecified atom stereocenters. The molecule has 0 fully saturated rings. The number of hydrogen-bond donors (Lipinski definition) is 1. The van der Waals surface area contributed by atoms with Gasteiger partial charge in [0.2, 0.25) is 21.8 Å². The third-order valence-electron chi connectivity index (χ3n) is 5.64. The summed E-state index contributed by atoms with van der Waals surface area (Å²) in [7, 11) is -2.44. The normalized spacial score (nSPS) is 12.0. The molecular weight excluding hydrogens is 601 g/mol. The molecule has 0 aliphatic carbocycles. The predicted molar refractivity (Wildman–Crippen MR) is 151 cm³/mol. The van der Waals surface area contributed by atoms with E-state index in [0.717, 1.165) is 26.2 Å². The van der Waals surface area contributed by atoms with Crippen LogP contribution in [0.15, 0.2) is 77.3 Å². The van der Waals surface area contributed by atoms with Crippen molar-refractivity contribution in [3.05, 3.63) is 98.4 Å². The van der Waals surface area contributed by atoms with Gasteiger partial charge < -0.3 is 10.2 Å². The molecular formula is C26H26BrCl2N3O4S. The van der Waals surface area contributed by atoms with E-state index in [4.69, 9.17) is 23.2 Å². The molecule has 0 aliphatic rings. The molecule has 3 aromatic rings. The molecule has 0 aromatic heterocycles. The van der Waals surface area contributed by atoms with Crippen LogP contribution in [-0.2, 0) is 32.6 Å². The second-order valence-electron chi connectivity index (χ2n) is 8.33. The van der Waals surface area contributed by atoms with Gasteiger partial charge >= 0.3 is 0 Å². The summed E-state index contributed by atoms with van der Waals surface area (Å²) in [5.74, 6) is -0.949. The average Bonchev–Trinajstić information content (AvgIpc) is 2.86. The maximum absolute atomic E-state index is 13.8. The summed E-state index contributed by atoms with van der Waals surface area (Å²) in [6.07, 6.45) is 1.22. The van der Waals surface area contributed by atoms with E-state index in [1.54, 1.807) is 0 Å². The number of anilines is 1. The smallest absolute Gasteiger partial charge is 0.244 e. The van der Waals surface area contributed by atoms with Gasteiger partial charge in [0.15, 0.2) is 0 Å². The van der Waals surface area contributed by atoms with Gasteiger partial charge in [-0.05, 0) is 41.5 Å². The molecule has 0 heterocycles. The zero-order valence-corrected chi connectivity index (χ0v) is 24.1. The van der Waals surface area contributed by atoms with Crippen molar-refractivity contribution < 1.29 is 18.0 Å².